The van der Waals surface area contributed by atoms with Gasteiger partial charge < -0.3 is 18.0 Å². The van der Waals surface area contributed by atoms with Crippen LogP contribution in [0.2, 0.25) is 6.04 Å². The largest absolute Gasteiger partial charge is 0.500 e. The zero-order valence-electron chi connectivity index (χ0n) is 12.6. The van der Waals surface area contributed by atoms with Gasteiger partial charge in [-0.05, 0) is 24.5 Å². The van der Waals surface area contributed by atoms with Crippen LogP contribution in [-0.2, 0) is 19.7 Å². The summed E-state index contributed by atoms with van der Waals surface area (Å²) >= 11 is 0. The fourth-order valence-corrected chi connectivity index (χ4v) is 3.69. The Morgan fingerprint density at radius 2 is 1.75 bits per heavy atom. The number of allylic oxidation sites excluding steroid dienone is 1. The molecule has 0 fully saturated rings. The average molecular weight is 296 g/mol. The van der Waals surface area contributed by atoms with Gasteiger partial charge in [-0.3, -0.25) is 0 Å². The quantitative estimate of drug-likeness (QED) is 0.378. The highest BCUT2D eigenvalue weighted by molar-refractivity contribution is 6.60. The molecule has 1 aromatic carbocycles. The first-order valence-electron chi connectivity index (χ1n) is 6.68. The van der Waals surface area contributed by atoms with Gasteiger partial charge in [-0.15, -0.1) is 6.58 Å². The molecular formula is C15H24O4Si. The molecule has 0 unspecified atom stereocenters. The number of hydrogen-bond donors (Lipinski definition) is 0. The van der Waals surface area contributed by atoms with E-state index in [1.807, 2.05) is 24.3 Å². The van der Waals surface area contributed by atoms with Gasteiger partial charge in [-0.1, -0.05) is 24.3 Å². The molecule has 4 nitrogen and oxygen atoms in total. The van der Waals surface area contributed by atoms with Crippen LogP contribution in [0.4, 0.5) is 0 Å². The molecule has 112 valence electrons. The number of benzene rings is 1. The van der Waals surface area contributed by atoms with Crippen molar-refractivity contribution in [1.82, 2.24) is 0 Å². The molecule has 0 saturated heterocycles. The zero-order valence-corrected chi connectivity index (χ0v) is 13.6. The monoisotopic (exact) mass is 296 g/mol. The molecule has 0 spiro atoms. The third kappa shape index (κ3) is 4.75. The Morgan fingerprint density at radius 1 is 1.10 bits per heavy atom. The summed E-state index contributed by atoms with van der Waals surface area (Å²) in [5, 5.41) is 0. The normalized spacial score (nSPS) is 11.3. The second-order valence-electron chi connectivity index (χ2n) is 4.35. The highest BCUT2D eigenvalue weighted by atomic mass is 28.4. The summed E-state index contributed by atoms with van der Waals surface area (Å²) in [6, 6.07) is 8.74. The van der Waals surface area contributed by atoms with Crippen LogP contribution in [0.3, 0.4) is 0 Å². The lowest BCUT2D eigenvalue weighted by molar-refractivity contribution is 0.121. The fourth-order valence-electron chi connectivity index (χ4n) is 2.00. The maximum Gasteiger partial charge on any atom is 0.500 e. The van der Waals surface area contributed by atoms with Crippen LogP contribution in [0.25, 0.3) is 0 Å². The van der Waals surface area contributed by atoms with E-state index < -0.39 is 8.80 Å². The van der Waals surface area contributed by atoms with E-state index in [2.05, 4.69) is 12.6 Å². The molecule has 20 heavy (non-hydrogen) atoms. The van der Waals surface area contributed by atoms with Crippen molar-refractivity contribution in [2.45, 2.75) is 18.9 Å². The molecule has 1 rings (SSSR count). The summed E-state index contributed by atoms with van der Waals surface area (Å²) in [6.07, 6.45) is 3.51. The maximum absolute atomic E-state index is 5.83. The number of para-hydroxylation sites is 1. The van der Waals surface area contributed by atoms with E-state index in [9.17, 15) is 0 Å². The van der Waals surface area contributed by atoms with Gasteiger partial charge in [0.2, 0.25) is 0 Å². The molecule has 0 saturated carbocycles. The second-order valence-corrected chi connectivity index (χ2v) is 7.44. The smallest absolute Gasteiger partial charge is 0.493 e. The van der Waals surface area contributed by atoms with Gasteiger partial charge in [0.05, 0.1) is 6.61 Å². The van der Waals surface area contributed by atoms with Crippen LogP contribution in [-0.4, -0.2) is 36.7 Å². The molecule has 0 atom stereocenters. The van der Waals surface area contributed by atoms with Gasteiger partial charge in [-0.2, -0.15) is 0 Å². The summed E-state index contributed by atoms with van der Waals surface area (Å²) < 4.78 is 22.0. The van der Waals surface area contributed by atoms with Crippen LogP contribution in [0.1, 0.15) is 12.0 Å². The van der Waals surface area contributed by atoms with E-state index in [0.717, 1.165) is 30.2 Å². The Bertz CT molecular complexity index is 396. The van der Waals surface area contributed by atoms with Crippen molar-refractivity contribution in [3.63, 3.8) is 0 Å². The number of rotatable bonds is 10. The van der Waals surface area contributed by atoms with Crippen LogP contribution in [0, 0.1) is 0 Å². The topological polar surface area (TPSA) is 36.9 Å². The van der Waals surface area contributed by atoms with Crippen LogP contribution >= 0.6 is 0 Å². The van der Waals surface area contributed by atoms with E-state index >= 15 is 0 Å². The van der Waals surface area contributed by atoms with Crippen molar-refractivity contribution in [3.05, 3.63) is 42.5 Å². The molecule has 0 aromatic heterocycles. The van der Waals surface area contributed by atoms with Crippen molar-refractivity contribution in [2.75, 3.05) is 27.9 Å². The molecule has 0 aliphatic heterocycles. The molecule has 1 aromatic rings. The molecule has 0 bridgehead atoms. The SMILES string of the molecule is C=CCc1ccccc1OCCC[Si](OC)(OC)OC. The average Bonchev–Trinajstić information content (AvgIpc) is 2.50. The van der Waals surface area contributed by atoms with Gasteiger partial charge in [0.25, 0.3) is 0 Å². The molecule has 0 amide bonds. The first-order chi connectivity index (χ1) is 9.71. The minimum Gasteiger partial charge on any atom is -0.493 e. The van der Waals surface area contributed by atoms with Crippen molar-refractivity contribution in [2.24, 2.45) is 0 Å². The highest BCUT2D eigenvalue weighted by Gasteiger charge is 2.36. The van der Waals surface area contributed by atoms with Crippen molar-refractivity contribution in [1.29, 1.82) is 0 Å². The van der Waals surface area contributed by atoms with E-state index in [4.69, 9.17) is 18.0 Å². The van der Waals surface area contributed by atoms with E-state index in [1.165, 1.54) is 0 Å². The first kappa shape index (κ1) is 16.9. The third-order valence-corrected chi connectivity index (χ3v) is 5.99. The second kappa shape index (κ2) is 8.92. The number of hydrogen-bond acceptors (Lipinski definition) is 4. The van der Waals surface area contributed by atoms with Crippen molar-refractivity contribution >= 4 is 8.80 Å². The summed E-state index contributed by atoms with van der Waals surface area (Å²) in [5.74, 6) is 0.909. The number of ether oxygens (including phenoxy) is 1. The van der Waals surface area contributed by atoms with Crippen molar-refractivity contribution in [3.8, 4) is 5.75 Å². The van der Waals surface area contributed by atoms with E-state index in [0.29, 0.717) is 6.61 Å². The Balaban J connectivity index is 2.46. The summed E-state index contributed by atoms with van der Waals surface area (Å²) in [7, 11) is 2.39. The third-order valence-electron chi connectivity index (χ3n) is 3.15. The molecule has 0 aliphatic rings. The molecule has 0 N–H and O–H groups in total. The van der Waals surface area contributed by atoms with Crippen LogP contribution < -0.4 is 4.74 Å². The van der Waals surface area contributed by atoms with Gasteiger partial charge >= 0.3 is 8.80 Å². The van der Waals surface area contributed by atoms with Crippen molar-refractivity contribution < 1.29 is 18.0 Å². The molecule has 5 heteroatoms. The Labute approximate surface area is 122 Å². The molecule has 0 radical (unpaired) electrons. The fraction of sp³-hybridized carbons (Fsp3) is 0.467. The lowest BCUT2D eigenvalue weighted by Crippen LogP contribution is -2.42. The predicted molar refractivity (Wildman–Crippen MR) is 82.0 cm³/mol. The Morgan fingerprint density at radius 3 is 2.35 bits per heavy atom. The van der Waals surface area contributed by atoms with Gasteiger partial charge in [0.15, 0.2) is 0 Å². The summed E-state index contributed by atoms with van der Waals surface area (Å²) in [5.41, 5.74) is 1.15. The maximum atomic E-state index is 5.83. The predicted octanol–water partition coefficient (Wildman–Crippen LogP) is 3.06. The minimum atomic E-state index is -2.48. The summed E-state index contributed by atoms with van der Waals surface area (Å²) in [4.78, 5) is 0. The first-order valence-corrected chi connectivity index (χ1v) is 8.61. The van der Waals surface area contributed by atoms with E-state index in [-0.39, 0.29) is 0 Å². The van der Waals surface area contributed by atoms with Crippen LogP contribution in [0.5, 0.6) is 5.75 Å². The highest BCUT2D eigenvalue weighted by Crippen LogP contribution is 2.20. The molecule has 0 aliphatic carbocycles. The van der Waals surface area contributed by atoms with Gasteiger partial charge in [0.1, 0.15) is 5.75 Å². The van der Waals surface area contributed by atoms with Gasteiger partial charge in [0, 0.05) is 27.4 Å². The molecule has 0 heterocycles. The summed E-state index contributed by atoms with van der Waals surface area (Å²) in [6.45, 7) is 4.37. The van der Waals surface area contributed by atoms with E-state index in [1.54, 1.807) is 21.3 Å². The standard InChI is InChI=1S/C15H24O4Si/c1-5-9-14-10-6-7-11-15(14)19-12-8-13-20(16-2,17-3)18-4/h5-7,10-11H,1,8-9,12-13H2,2-4H3. The molecular weight excluding hydrogens is 272 g/mol. The van der Waals surface area contributed by atoms with Gasteiger partial charge in [-0.25, -0.2) is 0 Å². The minimum absolute atomic E-state index is 0.610. The Kier molecular flexibility index (Phi) is 7.54. The zero-order chi connectivity index (χ0) is 14.8. The lowest BCUT2D eigenvalue weighted by atomic mass is 10.1. The lowest BCUT2D eigenvalue weighted by Gasteiger charge is -2.24. The Hall–Kier alpha value is -1.14. The van der Waals surface area contributed by atoms with Crippen LogP contribution in [0.15, 0.2) is 36.9 Å².